The van der Waals surface area contributed by atoms with Gasteiger partial charge in [0.1, 0.15) is 0 Å². The van der Waals surface area contributed by atoms with E-state index in [4.69, 9.17) is 10.5 Å². The third kappa shape index (κ3) is 10.7. The molecular weight excluding hydrogens is 204 g/mol. The van der Waals surface area contributed by atoms with Gasteiger partial charge in [-0.05, 0) is 0 Å². The van der Waals surface area contributed by atoms with Crippen molar-refractivity contribution in [3.63, 3.8) is 0 Å². The molecule has 0 heterocycles. The van der Waals surface area contributed by atoms with E-state index in [0.29, 0.717) is 0 Å². The van der Waals surface area contributed by atoms with Crippen LogP contribution in [0.25, 0.3) is 0 Å². The van der Waals surface area contributed by atoms with Gasteiger partial charge in [0.15, 0.2) is 0 Å². The van der Waals surface area contributed by atoms with Crippen molar-refractivity contribution in [2.75, 3.05) is 0 Å². The van der Waals surface area contributed by atoms with Gasteiger partial charge in [-0.1, -0.05) is 0 Å². The first-order valence-corrected chi connectivity index (χ1v) is 0.200. The second-order valence-electron chi connectivity index (χ2n) is 0. The van der Waals surface area contributed by atoms with E-state index in [2.05, 4.69) is 0 Å². The Morgan fingerprint density at radius 3 is 1.00 bits per heavy atom. The molecule has 4 heavy (non-hydrogen) atoms. The maximum Gasteiger partial charge on any atom is 0 e. The Morgan fingerprint density at radius 2 is 1.00 bits per heavy atom. The summed E-state index contributed by atoms with van der Waals surface area (Å²) < 4.78 is 0. The Balaban J connectivity index is -0.00000000500. The van der Waals surface area contributed by atoms with Crippen LogP contribution in [0.2, 0.25) is 0 Å². The zero-order chi connectivity index (χ0) is 2.00. The van der Waals surface area contributed by atoms with Crippen LogP contribution in [0, 0.1) is 0 Å². The second-order valence-corrected chi connectivity index (χ2v) is 0. The average Bonchev–Trinajstić information content (AvgIpc) is 1.00. The van der Waals surface area contributed by atoms with Crippen LogP contribution in [0.15, 0.2) is 0 Å². The van der Waals surface area contributed by atoms with Gasteiger partial charge in [-0.2, -0.15) is 0 Å². The van der Waals surface area contributed by atoms with Crippen molar-refractivity contribution in [2.24, 2.45) is 0 Å². The minimum Gasteiger partial charge on any atom is -0.255 e. The van der Waals surface area contributed by atoms with E-state index in [1.165, 1.54) is 0 Å². The summed E-state index contributed by atoms with van der Waals surface area (Å²) in [4.78, 5) is 0. The normalized spacial score (nSPS) is 1.50. The standard InChI is InChI=1S/H2O2.Pd.Zn/c1-2;;/h1-2H;;. The molecule has 2 N–H and O–H groups in total. The van der Waals surface area contributed by atoms with Gasteiger partial charge >= 0.3 is 0 Å². The monoisotopic (exact) mass is 204 g/mol. The molecule has 0 spiro atoms. The van der Waals surface area contributed by atoms with Gasteiger partial charge in [0.2, 0.25) is 0 Å². The van der Waals surface area contributed by atoms with Crippen LogP contribution in [0.3, 0.4) is 0 Å². The van der Waals surface area contributed by atoms with Crippen LogP contribution < -0.4 is 0 Å². The van der Waals surface area contributed by atoms with Gasteiger partial charge in [0, 0.05) is 39.9 Å². The van der Waals surface area contributed by atoms with Crippen LogP contribution in [0.5, 0.6) is 0 Å². The number of hydrogen-bond donors (Lipinski definition) is 2. The van der Waals surface area contributed by atoms with Crippen molar-refractivity contribution < 1.29 is 50.4 Å². The summed E-state index contributed by atoms with van der Waals surface area (Å²) in [5, 5.41) is 12.0. The van der Waals surface area contributed by atoms with Crippen molar-refractivity contribution in [3.05, 3.63) is 0 Å². The summed E-state index contributed by atoms with van der Waals surface area (Å²) in [5.74, 6) is 0. The SMILES string of the molecule is OO.[Pd].[Zn]. The molecule has 0 saturated heterocycles. The fraction of sp³-hybridized carbons (Fsp3) is 0. The fourth-order valence-electron chi connectivity index (χ4n) is 0. The minimum atomic E-state index is 0. The van der Waals surface area contributed by atoms with Gasteiger partial charge in [0.25, 0.3) is 0 Å². The third-order valence-corrected chi connectivity index (χ3v) is 0. The molecular formula is H2O2PdZn. The van der Waals surface area contributed by atoms with Gasteiger partial charge in [-0.25, -0.2) is 0 Å². The average molecular weight is 206 g/mol. The first kappa shape index (κ1) is 18.9. The molecule has 0 rings (SSSR count). The van der Waals surface area contributed by atoms with Gasteiger partial charge < -0.3 is 0 Å². The van der Waals surface area contributed by atoms with E-state index in [0.717, 1.165) is 0 Å². The predicted molar refractivity (Wildman–Crippen MR) is 5.26 cm³/mol. The van der Waals surface area contributed by atoms with Crippen molar-refractivity contribution in [1.29, 1.82) is 0 Å². The second kappa shape index (κ2) is 29.7. The smallest absolute Gasteiger partial charge is 0 e. The molecule has 0 aliphatic carbocycles. The van der Waals surface area contributed by atoms with E-state index >= 15 is 0 Å². The van der Waals surface area contributed by atoms with E-state index in [-0.39, 0.29) is 39.9 Å². The molecule has 0 amide bonds. The molecule has 0 radical (unpaired) electrons. The summed E-state index contributed by atoms with van der Waals surface area (Å²) >= 11 is 0. The van der Waals surface area contributed by atoms with Crippen LogP contribution in [0.1, 0.15) is 0 Å². The summed E-state index contributed by atoms with van der Waals surface area (Å²) in [6.45, 7) is 0. The first-order chi connectivity index (χ1) is 1.00. The van der Waals surface area contributed by atoms with Crippen molar-refractivity contribution in [1.82, 2.24) is 0 Å². The zero-order valence-electron chi connectivity index (χ0n) is 1.92. The molecule has 4 heteroatoms. The van der Waals surface area contributed by atoms with Gasteiger partial charge in [-0.3, -0.25) is 10.5 Å². The summed E-state index contributed by atoms with van der Waals surface area (Å²) in [7, 11) is 0. The maximum absolute atomic E-state index is 6.00. The molecule has 0 atom stereocenters. The maximum atomic E-state index is 6.00. The molecule has 0 aliphatic rings. The third-order valence-electron chi connectivity index (χ3n) is 0. The molecule has 0 fully saturated rings. The molecule has 2 nitrogen and oxygen atoms in total. The molecule has 0 unspecified atom stereocenters. The number of rotatable bonds is 0. The van der Waals surface area contributed by atoms with E-state index in [1.807, 2.05) is 0 Å². The topological polar surface area (TPSA) is 40.5 Å². The predicted octanol–water partition coefficient (Wildman–Crippen LogP) is 0.0124. The molecule has 0 aromatic carbocycles. The Kier molecular flexibility index (Phi) is 141. The molecule has 0 aliphatic heterocycles. The Bertz CT molecular complexity index is 6.00. The van der Waals surface area contributed by atoms with Crippen molar-refractivity contribution in [2.45, 2.75) is 0 Å². The molecule has 0 bridgehead atoms. The first-order valence-electron chi connectivity index (χ1n) is 0.200. The van der Waals surface area contributed by atoms with E-state index < -0.39 is 0 Å². The zero-order valence-corrected chi connectivity index (χ0v) is 6.44. The van der Waals surface area contributed by atoms with Gasteiger partial charge in [0.05, 0.1) is 0 Å². The van der Waals surface area contributed by atoms with Crippen molar-refractivity contribution >= 4 is 0 Å². The van der Waals surface area contributed by atoms with Crippen LogP contribution in [-0.2, 0) is 39.9 Å². The Morgan fingerprint density at radius 1 is 1.00 bits per heavy atom. The van der Waals surface area contributed by atoms with Gasteiger partial charge in [-0.15, -0.1) is 0 Å². The van der Waals surface area contributed by atoms with Crippen LogP contribution in [0.4, 0.5) is 0 Å². The Hall–Kier alpha value is 1.21. The summed E-state index contributed by atoms with van der Waals surface area (Å²) in [6, 6.07) is 0. The largest absolute Gasteiger partial charge is 0.255 e. The minimum absolute atomic E-state index is 0. The molecule has 0 aromatic rings. The van der Waals surface area contributed by atoms with Crippen LogP contribution >= 0.6 is 0 Å². The Labute approximate surface area is 50.6 Å². The fourth-order valence-corrected chi connectivity index (χ4v) is 0. The molecule has 0 aromatic heterocycles. The van der Waals surface area contributed by atoms with E-state index in [1.54, 1.807) is 0 Å². The molecule has 26 valence electrons. The quantitative estimate of drug-likeness (QED) is 0.333. The van der Waals surface area contributed by atoms with Crippen LogP contribution in [-0.4, -0.2) is 10.5 Å². The van der Waals surface area contributed by atoms with Crippen molar-refractivity contribution in [3.8, 4) is 0 Å². The number of hydrogen-bond acceptors (Lipinski definition) is 2. The summed E-state index contributed by atoms with van der Waals surface area (Å²) in [6.07, 6.45) is 0. The molecule has 0 saturated carbocycles. The summed E-state index contributed by atoms with van der Waals surface area (Å²) in [5.41, 5.74) is 0. The van der Waals surface area contributed by atoms with E-state index in [9.17, 15) is 0 Å².